The van der Waals surface area contributed by atoms with Crippen molar-refractivity contribution < 1.29 is 14.7 Å². The van der Waals surface area contributed by atoms with Crippen LogP contribution in [0, 0.1) is 5.41 Å². The van der Waals surface area contributed by atoms with Gasteiger partial charge in [-0.05, 0) is 65.6 Å². The maximum atomic E-state index is 13.6. The summed E-state index contributed by atoms with van der Waals surface area (Å²) in [6.07, 6.45) is 8.03. The lowest BCUT2D eigenvalue weighted by Gasteiger charge is -2.42. The number of fused-ring (bicyclic) bond motifs is 1. The van der Waals surface area contributed by atoms with E-state index in [4.69, 9.17) is 33.9 Å². The van der Waals surface area contributed by atoms with Crippen molar-refractivity contribution in [3.05, 3.63) is 129 Å². The van der Waals surface area contributed by atoms with Crippen LogP contribution >= 0.6 is 35.0 Å². The third kappa shape index (κ3) is 6.23. The number of carbonyl (C=O) groups excluding carboxylic acids is 2. The molecule has 248 valence electrons. The summed E-state index contributed by atoms with van der Waals surface area (Å²) in [6, 6.07) is 20.6. The third-order valence-electron chi connectivity index (χ3n) is 9.58. The van der Waals surface area contributed by atoms with E-state index in [1.807, 2.05) is 6.07 Å². The molecular formula is C37H32Cl2N6O3S. The highest BCUT2D eigenvalue weighted by atomic mass is 35.5. The number of benzene rings is 3. The van der Waals surface area contributed by atoms with Gasteiger partial charge in [0.2, 0.25) is 0 Å². The fourth-order valence-corrected chi connectivity index (χ4v) is 8.21. The Morgan fingerprint density at radius 1 is 1.06 bits per heavy atom. The predicted octanol–water partition coefficient (Wildman–Crippen LogP) is 7.23. The molecule has 1 aromatic heterocycles. The average Bonchev–Trinajstić information content (AvgIpc) is 3.38. The van der Waals surface area contributed by atoms with Crippen LogP contribution < -0.4 is 16.0 Å². The van der Waals surface area contributed by atoms with E-state index >= 15 is 0 Å². The van der Waals surface area contributed by atoms with Gasteiger partial charge in [0.25, 0.3) is 5.91 Å². The number of rotatable bonds is 6. The first-order valence-electron chi connectivity index (χ1n) is 15.8. The maximum absolute atomic E-state index is 13.6. The van der Waals surface area contributed by atoms with Gasteiger partial charge in [-0.1, -0.05) is 77.4 Å². The Labute approximate surface area is 298 Å². The van der Waals surface area contributed by atoms with Crippen LogP contribution in [0.4, 0.5) is 11.5 Å². The molecule has 49 heavy (non-hydrogen) atoms. The van der Waals surface area contributed by atoms with Crippen LogP contribution in [0.1, 0.15) is 35.6 Å². The van der Waals surface area contributed by atoms with Crippen molar-refractivity contribution in [2.75, 3.05) is 30.4 Å². The second-order valence-corrected chi connectivity index (χ2v) is 14.3. The fraction of sp³-hybridized carbons (Fsp3) is 0.216. The van der Waals surface area contributed by atoms with Crippen molar-refractivity contribution in [1.29, 1.82) is 0 Å². The van der Waals surface area contributed by atoms with E-state index < -0.39 is 5.91 Å². The minimum absolute atomic E-state index is 0.0548. The largest absolute Gasteiger partial charge is 0.506 e. The zero-order valence-electron chi connectivity index (χ0n) is 26.5. The normalized spacial score (nSPS) is 18.3. The quantitative estimate of drug-likeness (QED) is 0.178. The molecule has 1 amide bonds. The van der Waals surface area contributed by atoms with Crippen molar-refractivity contribution in [2.45, 2.75) is 35.2 Å². The van der Waals surface area contributed by atoms with Crippen LogP contribution in [0.2, 0.25) is 10.0 Å². The molecular weight excluding hydrogens is 679 g/mol. The number of hydrogen-bond donors (Lipinski definition) is 3. The van der Waals surface area contributed by atoms with Crippen LogP contribution in [0.25, 0.3) is 5.57 Å². The van der Waals surface area contributed by atoms with Crippen molar-refractivity contribution >= 4 is 63.9 Å². The summed E-state index contributed by atoms with van der Waals surface area (Å²) in [5, 5.41) is 15.3. The van der Waals surface area contributed by atoms with Crippen molar-refractivity contribution in [2.24, 2.45) is 11.1 Å². The van der Waals surface area contributed by atoms with E-state index in [0.717, 1.165) is 38.2 Å². The predicted molar refractivity (Wildman–Crippen MR) is 193 cm³/mol. The zero-order valence-corrected chi connectivity index (χ0v) is 28.8. The number of piperidine rings is 1. The van der Waals surface area contributed by atoms with Crippen LogP contribution in [0.5, 0.6) is 0 Å². The number of aliphatic hydroxyl groups is 1. The minimum atomic E-state index is -0.728. The monoisotopic (exact) mass is 710 g/mol. The molecule has 4 N–H and O–H groups in total. The molecule has 1 atom stereocenters. The van der Waals surface area contributed by atoms with Gasteiger partial charge in [-0.15, -0.1) is 0 Å². The number of aromatic nitrogens is 2. The van der Waals surface area contributed by atoms with Crippen molar-refractivity contribution in [1.82, 2.24) is 14.9 Å². The van der Waals surface area contributed by atoms with Gasteiger partial charge in [0.1, 0.15) is 27.9 Å². The first kappa shape index (κ1) is 33.0. The molecule has 0 saturated carbocycles. The topological polar surface area (TPSA) is 125 Å². The van der Waals surface area contributed by atoms with Gasteiger partial charge < -0.3 is 26.0 Å². The highest BCUT2D eigenvalue weighted by molar-refractivity contribution is 7.99. The van der Waals surface area contributed by atoms with E-state index in [0.29, 0.717) is 31.8 Å². The summed E-state index contributed by atoms with van der Waals surface area (Å²) in [5.74, 6) is 1.47. The summed E-state index contributed by atoms with van der Waals surface area (Å²) in [6.45, 7) is 1.71. The third-order valence-corrected chi connectivity index (χ3v) is 11.3. The van der Waals surface area contributed by atoms with Crippen LogP contribution in [-0.2, 0) is 16.0 Å². The molecule has 1 spiro atoms. The lowest BCUT2D eigenvalue weighted by molar-refractivity contribution is -0.112. The number of carbonyl (C=O) groups is 1. The molecule has 7 rings (SSSR count). The fourth-order valence-electron chi connectivity index (χ4n) is 6.94. The molecule has 1 fully saturated rings. The van der Waals surface area contributed by atoms with Crippen molar-refractivity contribution in [3.8, 4) is 0 Å². The van der Waals surface area contributed by atoms with Crippen LogP contribution in [0.15, 0.2) is 112 Å². The Balaban J connectivity index is 1.04. The molecule has 3 heterocycles. The second-order valence-electron chi connectivity index (χ2n) is 12.4. The summed E-state index contributed by atoms with van der Waals surface area (Å²) < 4.78 is 0. The molecule has 0 bridgehead atoms. The maximum Gasteiger partial charge on any atom is 0.262 e. The number of aliphatic hydroxyl groups excluding tert-OH is 1. The van der Waals surface area contributed by atoms with E-state index in [2.05, 4.69) is 39.5 Å². The van der Waals surface area contributed by atoms with E-state index in [1.165, 1.54) is 27.8 Å². The van der Waals surface area contributed by atoms with E-state index in [9.17, 15) is 14.7 Å². The lowest BCUT2D eigenvalue weighted by atomic mass is 9.73. The standard InChI is InChI=1S/C37H32Cl2N6O3S/c1-44-20-26(22-7-4-8-24(38)16-22)34(47)32(28(44)21-46)36(48)43-27-10-5-11-29(33(27)39)49-31-19-41-30(18-42-31)45-14-12-37(13-15-45)17-23-6-2-3-9-25(23)35(37)40/h2-11,16,18-20,35,47H,12-15,17,40H2,1H3,(H,43,48)/t35-/m1/s1. The van der Waals surface area contributed by atoms with Gasteiger partial charge in [-0.25, -0.2) is 14.8 Å². The van der Waals surface area contributed by atoms with Crippen molar-refractivity contribution in [3.63, 3.8) is 0 Å². The summed E-state index contributed by atoms with van der Waals surface area (Å²) >= 11 is 14.3. The van der Waals surface area contributed by atoms with Gasteiger partial charge in [0.15, 0.2) is 5.94 Å². The molecule has 0 unspecified atom stereocenters. The Morgan fingerprint density at radius 2 is 1.84 bits per heavy atom. The molecule has 4 aromatic rings. The highest BCUT2D eigenvalue weighted by Gasteiger charge is 2.46. The number of likely N-dealkylation sites (N-methyl/N-ethyl adjacent to an activating group) is 1. The molecule has 2 aliphatic heterocycles. The van der Waals surface area contributed by atoms with Gasteiger partial charge in [0.05, 0.1) is 23.1 Å². The SMILES string of the molecule is CN1C=C(c2cccc(Cl)c2)C(O)=C(C(=O)Nc2cccc(Sc3cnc(N4CCC5(CC4)Cc4ccccc4[C@H]5N)cn3)c2Cl)C1=C=O. The van der Waals surface area contributed by atoms with Crippen LogP contribution in [-0.4, -0.2) is 52.0 Å². The first-order chi connectivity index (χ1) is 23.7. The zero-order chi connectivity index (χ0) is 34.3. The Morgan fingerprint density at radius 3 is 2.55 bits per heavy atom. The number of halogens is 2. The summed E-state index contributed by atoms with van der Waals surface area (Å²) in [5.41, 5.74) is 10.3. The highest BCUT2D eigenvalue weighted by Crippen LogP contribution is 2.51. The molecule has 1 aliphatic carbocycles. The number of nitrogens with two attached hydrogens (primary N) is 1. The van der Waals surface area contributed by atoms with Crippen LogP contribution in [0.3, 0.4) is 0 Å². The van der Waals surface area contributed by atoms with E-state index in [-0.39, 0.29) is 33.5 Å². The van der Waals surface area contributed by atoms with Gasteiger partial charge in [-0.3, -0.25) is 4.79 Å². The smallest absolute Gasteiger partial charge is 0.262 e. The molecule has 1 saturated heterocycles. The van der Waals surface area contributed by atoms with Gasteiger partial charge in [-0.2, -0.15) is 0 Å². The molecule has 0 radical (unpaired) electrons. The summed E-state index contributed by atoms with van der Waals surface area (Å²) in [7, 11) is 1.59. The van der Waals surface area contributed by atoms with E-state index in [1.54, 1.807) is 68.0 Å². The Kier molecular flexibility index (Phi) is 9.00. The number of nitrogens with one attached hydrogen (secondary N) is 1. The number of hydrogen-bond acceptors (Lipinski definition) is 9. The number of anilines is 2. The number of allylic oxidation sites excluding steroid dienone is 1. The molecule has 3 aliphatic rings. The first-order valence-corrected chi connectivity index (χ1v) is 17.3. The lowest BCUT2D eigenvalue weighted by Crippen LogP contribution is -2.44. The minimum Gasteiger partial charge on any atom is -0.506 e. The summed E-state index contributed by atoms with van der Waals surface area (Å²) in [4.78, 5) is 39.2. The number of nitrogens with zero attached hydrogens (tertiary/aromatic N) is 4. The Bertz CT molecular complexity index is 2070. The number of amides is 1. The Hall–Kier alpha value is -4.57. The van der Waals surface area contributed by atoms with Gasteiger partial charge in [0, 0.05) is 47.9 Å². The average molecular weight is 712 g/mol. The second kappa shape index (κ2) is 13.4. The molecule has 12 heteroatoms. The van der Waals surface area contributed by atoms with Gasteiger partial charge >= 0.3 is 0 Å². The molecule has 3 aromatic carbocycles. The molecule has 9 nitrogen and oxygen atoms in total.